The monoisotopic (exact) mass is 384 g/mol. The number of benzene rings is 3. The first-order valence-electron chi connectivity index (χ1n) is 8.28. The van der Waals surface area contributed by atoms with Crippen molar-refractivity contribution >= 4 is 38.1 Å². The summed E-state index contributed by atoms with van der Waals surface area (Å²) in [5.74, 6) is 0.236. The molecule has 3 rings (SSSR count). The van der Waals surface area contributed by atoms with Gasteiger partial charge in [0.2, 0.25) is 15.9 Å². The molecule has 0 aliphatic carbocycles. The van der Waals surface area contributed by atoms with Gasteiger partial charge in [-0.05, 0) is 35.7 Å². The van der Waals surface area contributed by atoms with E-state index in [0.29, 0.717) is 17.1 Å². The maximum atomic E-state index is 12.5. The highest BCUT2D eigenvalue weighted by Crippen LogP contribution is 2.28. The molecule has 0 aliphatic heterocycles. The summed E-state index contributed by atoms with van der Waals surface area (Å²) in [6.07, 6.45) is 1.09. The van der Waals surface area contributed by atoms with Crippen LogP contribution in [0.5, 0.6) is 5.75 Å². The number of carbonyl (C=O) groups excluding carboxylic acids is 1. The van der Waals surface area contributed by atoms with E-state index in [9.17, 15) is 13.2 Å². The maximum absolute atomic E-state index is 12.5. The number of fused-ring (bicyclic) bond motifs is 1. The van der Waals surface area contributed by atoms with Gasteiger partial charge in [0.05, 0.1) is 19.1 Å². The molecule has 0 aromatic heterocycles. The molecule has 0 atom stereocenters. The van der Waals surface area contributed by atoms with E-state index in [-0.39, 0.29) is 6.54 Å². The van der Waals surface area contributed by atoms with E-state index in [0.717, 1.165) is 21.3 Å². The van der Waals surface area contributed by atoms with Crippen LogP contribution in [0, 0.1) is 0 Å². The number of amides is 1. The number of sulfonamides is 1. The Morgan fingerprint density at radius 2 is 1.67 bits per heavy atom. The number of ether oxygens (including phenoxy) is 1. The second kappa shape index (κ2) is 7.67. The number of nitrogens with one attached hydrogen (secondary N) is 1. The molecule has 1 N–H and O–H groups in total. The van der Waals surface area contributed by atoms with Crippen LogP contribution in [-0.2, 0) is 14.8 Å². The minimum Gasteiger partial charge on any atom is -0.497 e. The fraction of sp³-hybridized carbons (Fsp3) is 0.150. The average molecular weight is 384 g/mol. The molecule has 0 spiro atoms. The molecule has 0 heterocycles. The largest absolute Gasteiger partial charge is 0.497 e. The third kappa shape index (κ3) is 4.38. The van der Waals surface area contributed by atoms with E-state index in [1.807, 2.05) is 30.3 Å². The molecule has 0 aliphatic rings. The first-order chi connectivity index (χ1) is 12.9. The Morgan fingerprint density at radius 3 is 2.33 bits per heavy atom. The van der Waals surface area contributed by atoms with Gasteiger partial charge in [-0.3, -0.25) is 9.10 Å². The SMILES string of the molecule is COc1ccc(NC(=O)CN(c2cccc3ccccc23)S(C)(=O)=O)cc1. The Labute approximate surface area is 158 Å². The molecule has 0 bridgehead atoms. The van der Waals surface area contributed by atoms with Crippen molar-refractivity contribution < 1.29 is 17.9 Å². The minimum absolute atomic E-state index is 0.321. The molecular weight excluding hydrogens is 364 g/mol. The zero-order valence-electron chi connectivity index (χ0n) is 15.0. The van der Waals surface area contributed by atoms with Crippen LogP contribution in [0.4, 0.5) is 11.4 Å². The number of carbonyl (C=O) groups is 1. The summed E-state index contributed by atoms with van der Waals surface area (Å²) in [7, 11) is -2.10. The predicted octanol–water partition coefficient (Wildman–Crippen LogP) is 3.25. The summed E-state index contributed by atoms with van der Waals surface area (Å²) < 4.78 is 31.0. The van der Waals surface area contributed by atoms with Crippen LogP contribution in [0.25, 0.3) is 10.8 Å². The van der Waals surface area contributed by atoms with Crippen molar-refractivity contribution in [2.45, 2.75) is 0 Å². The molecule has 7 heteroatoms. The van der Waals surface area contributed by atoms with Gasteiger partial charge in [-0.25, -0.2) is 8.42 Å². The number of anilines is 2. The topological polar surface area (TPSA) is 75.7 Å². The van der Waals surface area contributed by atoms with Gasteiger partial charge in [-0.15, -0.1) is 0 Å². The van der Waals surface area contributed by atoms with E-state index in [1.54, 1.807) is 43.5 Å². The average Bonchev–Trinajstić information content (AvgIpc) is 2.65. The van der Waals surface area contributed by atoms with Gasteiger partial charge >= 0.3 is 0 Å². The fourth-order valence-corrected chi connectivity index (χ4v) is 3.68. The van der Waals surface area contributed by atoms with Gasteiger partial charge in [-0.1, -0.05) is 36.4 Å². The molecule has 3 aromatic rings. The minimum atomic E-state index is -3.65. The van der Waals surface area contributed by atoms with Crippen molar-refractivity contribution in [1.82, 2.24) is 0 Å². The second-order valence-corrected chi connectivity index (χ2v) is 7.95. The molecule has 3 aromatic carbocycles. The lowest BCUT2D eigenvalue weighted by molar-refractivity contribution is -0.114. The molecule has 0 fully saturated rings. The van der Waals surface area contributed by atoms with Crippen LogP contribution in [0.2, 0.25) is 0 Å². The zero-order chi connectivity index (χ0) is 19.4. The van der Waals surface area contributed by atoms with Crippen LogP contribution in [0.3, 0.4) is 0 Å². The van der Waals surface area contributed by atoms with Crippen LogP contribution >= 0.6 is 0 Å². The lowest BCUT2D eigenvalue weighted by Crippen LogP contribution is -2.37. The highest BCUT2D eigenvalue weighted by molar-refractivity contribution is 7.92. The van der Waals surface area contributed by atoms with Crippen molar-refractivity contribution in [3.05, 3.63) is 66.7 Å². The zero-order valence-corrected chi connectivity index (χ0v) is 15.9. The van der Waals surface area contributed by atoms with Gasteiger partial charge in [-0.2, -0.15) is 0 Å². The Bertz CT molecular complexity index is 1060. The third-order valence-electron chi connectivity index (χ3n) is 4.10. The molecule has 1 amide bonds. The van der Waals surface area contributed by atoms with Gasteiger partial charge in [0, 0.05) is 11.1 Å². The molecular formula is C20H20N2O4S. The normalized spacial score (nSPS) is 11.2. The van der Waals surface area contributed by atoms with Crippen molar-refractivity contribution in [2.75, 3.05) is 29.5 Å². The molecule has 0 radical (unpaired) electrons. The summed E-state index contributed by atoms with van der Waals surface area (Å²) in [5, 5.41) is 4.38. The fourth-order valence-electron chi connectivity index (χ4n) is 2.81. The van der Waals surface area contributed by atoms with E-state index in [4.69, 9.17) is 4.74 Å². The maximum Gasteiger partial charge on any atom is 0.245 e. The Morgan fingerprint density at radius 1 is 1.00 bits per heavy atom. The molecule has 0 saturated carbocycles. The number of hydrogen-bond donors (Lipinski definition) is 1. The summed E-state index contributed by atoms with van der Waals surface area (Å²) in [4.78, 5) is 12.5. The van der Waals surface area contributed by atoms with Crippen molar-refractivity contribution in [3.63, 3.8) is 0 Å². The summed E-state index contributed by atoms with van der Waals surface area (Å²) in [6.45, 7) is -0.321. The van der Waals surface area contributed by atoms with Gasteiger partial charge in [0.1, 0.15) is 12.3 Å². The molecule has 6 nitrogen and oxygen atoms in total. The third-order valence-corrected chi connectivity index (χ3v) is 5.22. The van der Waals surface area contributed by atoms with Crippen molar-refractivity contribution in [1.29, 1.82) is 0 Å². The molecule has 140 valence electrons. The lowest BCUT2D eigenvalue weighted by atomic mass is 10.1. The Hall–Kier alpha value is -3.06. The standard InChI is InChI=1S/C20H20N2O4S/c1-26-17-12-10-16(11-13-17)21-20(23)14-22(27(2,24)25)19-9-5-7-15-6-3-4-8-18(15)19/h3-13H,14H2,1-2H3,(H,21,23). The predicted molar refractivity (Wildman–Crippen MR) is 108 cm³/mol. The molecule has 0 saturated heterocycles. The van der Waals surface area contributed by atoms with Crippen molar-refractivity contribution in [2.24, 2.45) is 0 Å². The van der Waals surface area contributed by atoms with Crippen LogP contribution < -0.4 is 14.4 Å². The van der Waals surface area contributed by atoms with Crippen LogP contribution in [-0.4, -0.2) is 34.2 Å². The summed E-state index contributed by atoms with van der Waals surface area (Å²) in [5.41, 5.74) is 1.03. The van der Waals surface area contributed by atoms with E-state index >= 15 is 0 Å². The number of hydrogen-bond acceptors (Lipinski definition) is 4. The Balaban J connectivity index is 1.88. The summed E-state index contributed by atoms with van der Waals surface area (Å²) in [6, 6.07) is 19.7. The van der Waals surface area contributed by atoms with Gasteiger partial charge in [0.15, 0.2) is 0 Å². The number of rotatable bonds is 6. The molecule has 27 heavy (non-hydrogen) atoms. The van der Waals surface area contributed by atoms with E-state index < -0.39 is 15.9 Å². The van der Waals surface area contributed by atoms with E-state index in [2.05, 4.69) is 5.32 Å². The highest BCUT2D eigenvalue weighted by Gasteiger charge is 2.22. The first kappa shape index (κ1) is 18.7. The Kier molecular flexibility index (Phi) is 5.32. The van der Waals surface area contributed by atoms with Crippen LogP contribution in [0.1, 0.15) is 0 Å². The summed E-state index contributed by atoms with van der Waals surface area (Å²) >= 11 is 0. The highest BCUT2D eigenvalue weighted by atomic mass is 32.2. The first-order valence-corrected chi connectivity index (χ1v) is 10.1. The number of methoxy groups -OCH3 is 1. The smallest absolute Gasteiger partial charge is 0.245 e. The van der Waals surface area contributed by atoms with Crippen LogP contribution in [0.15, 0.2) is 66.7 Å². The number of nitrogens with zero attached hydrogens (tertiary/aromatic N) is 1. The van der Waals surface area contributed by atoms with Crippen molar-refractivity contribution in [3.8, 4) is 5.75 Å². The van der Waals surface area contributed by atoms with Gasteiger partial charge < -0.3 is 10.1 Å². The van der Waals surface area contributed by atoms with Gasteiger partial charge in [0.25, 0.3) is 0 Å². The van der Waals surface area contributed by atoms with E-state index in [1.165, 1.54) is 0 Å². The quantitative estimate of drug-likeness (QED) is 0.708. The second-order valence-electron chi connectivity index (χ2n) is 6.04. The molecule has 0 unspecified atom stereocenters. The lowest BCUT2D eigenvalue weighted by Gasteiger charge is -2.23.